The number of halogens is 1. The van der Waals surface area contributed by atoms with Gasteiger partial charge in [0, 0.05) is 17.0 Å². The zero-order valence-electron chi connectivity index (χ0n) is 17.5. The number of fused-ring (bicyclic) bond motifs is 1. The quantitative estimate of drug-likeness (QED) is 0.421. The fourth-order valence-corrected chi connectivity index (χ4v) is 5.07. The maximum Gasteiger partial charge on any atom is 0.252 e. The topological polar surface area (TPSA) is 88.4 Å². The number of benzene rings is 3. The van der Waals surface area contributed by atoms with Crippen LogP contribution >= 0.6 is 0 Å². The smallest absolute Gasteiger partial charge is 0.252 e. The highest BCUT2D eigenvalue weighted by atomic mass is 32.2. The lowest BCUT2D eigenvalue weighted by molar-refractivity contribution is 0.0939. The Bertz CT molecular complexity index is 1400. The molecule has 1 aliphatic carbocycles. The van der Waals surface area contributed by atoms with E-state index in [0.717, 1.165) is 35.9 Å². The van der Waals surface area contributed by atoms with Crippen LogP contribution in [0.2, 0.25) is 0 Å². The van der Waals surface area contributed by atoms with Crippen LogP contribution in [-0.4, -0.2) is 20.4 Å². The van der Waals surface area contributed by atoms with Crippen LogP contribution in [0.15, 0.2) is 88.2 Å². The molecular weight excluding hydrogens is 443 g/mol. The standard InChI is InChI=1S/C25H21FN2O4S/c26-20-13-10-18(15-23(20)33(30,31)28-19-11-12-19)25(29)27-24(16-6-2-1-3-7-16)22-14-17-8-4-5-9-21(17)32-22/h1-10,13-15,19,24,28H,11-12H2,(H,27,29). The maximum atomic E-state index is 14.3. The van der Waals surface area contributed by atoms with Gasteiger partial charge in [-0.3, -0.25) is 4.79 Å². The van der Waals surface area contributed by atoms with E-state index >= 15 is 0 Å². The van der Waals surface area contributed by atoms with E-state index in [1.54, 1.807) is 0 Å². The number of amides is 1. The van der Waals surface area contributed by atoms with Crippen molar-refractivity contribution in [3.63, 3.8) is 0 Å². The summed E-state index contributed by atoms with van der Waals surface area (Å²) in [6, 6.07) is 21.2. The third-order valence-corrected chi connectivity index (χ3v) is 7.06. The summed E-state index contributed by atoms with van der Waals surface area (Å²) in [4.78, 5) is 12.6. The second-order valence-electron chi connectivity index (χ2n) is 8.04. The Morgan fingerprint density at radius 2 is 1.70 bits per heavy atom. The Hall–Kier alpha value is -3.49. The molecule has 0 aliphatic heterocycles. The number of nitrogens with one attached hydrogen (secondary N) is 2. The summed E-state index contributed by atoms with van der Waals surface area (Å²) in [5.41, 5.74) is 1.50. The average Bonchev–Trinajstić information content (AvgIpc) is 3.51. The fourth-order valence-electron chi connectivity index (χ4n) is 3.66. The third kappa shape index (κ3) is 4.53. The fraction of sp³-hybridized carbons (Fsp3) is 0.160. The molecule has 6 nitrogen and oxygen atoms in total. The molecule has 1 amide bonds. The van der Waals surface area contributed by atoms with Crippen molar-refractivity contribution in [1.82, 2.24) is 10.0 Å². The highest BCUT2D eigenvalue weighted by Crippen LogP contribution is 2.29. The van der Waals surface area contributed by atoms with Gasteiger partial charge in [-0.25, -0.2) is 17.5 Å². The molecule has 1 aromatic heterocycles. The summed E-state index contributed by atoms with van der Waals surface area (Å²) in [7, 11) is -4.06. The number of carbonyl (C=O) groups is 1. The number of hydrogen-bond acceptors (Lipinski definition) is 4. The molecule has 1 unspecified atom stereocenters. The van der Waals surface area contributed by atoms with Crippen LogP contribution in [-0.2, 0) is 10.0 Å². The zero-order chi connectivity index (χ0) is 23.0. The van der Waals surface area contributed by atoms with Crippen molar-refractivity contribution in [3.8, 4) is 0 Å². The summed E-state index contributed by atoms with van der Waals surface area (Å²) in [5.74, 6) is -0.926. The number of rotatable bonds is 7. The van der Waals surface area contributed by atoms with Crippen molar-refractivity contribution in [3.05, 3.63) is 102 Å². The number of para-hydroxylation sites is 1. The van der Waals surface area contributed by atoms with Gasteiger partial charge in [-0.1, -0.05) is 48.5 Å². The van der Waals surface area contributed by atoms with Gasteiger partial charge in [0.25, 0.3) is 5.91 Å². The van der Waals surface area contributed by atoms with E-state index in [0.29, 0.717) is 11.3 Å². The zero-order valence-corrected chi connectivity index (χ0v) is 18.3. The van der Waals surface area contributed by atoms with E-state index in [4.69, 9.17) is 4.42 Å². The van der Waals surface area contributed by atoms with Crippen LogP contribution in [0.4, 0.5) is 4.39 Å². The molecule has 0 bridgehead atoms. The summed E-state index contributed by atoms with van der Waals surface area (Å²) in [6.07, 6.45) is 1.44. The van der Waals surface area contributed by atoms with E-state index in [-0.39, 0.29) is 11.6 Å². The van der Waals surface area contributed by atoms with E-state index in [2.05, 4.69) is 10.0 Å². The number of furan rings is 1. The third-order valence-electron chi connectivity index (χ3n) is 5.52. The SMILES string of the molecule is O=C(NC(c1ccccc1)c1cc2ccccc2o1)c1ccc(F)c(S(=O)(=O)NC2CC2)c1. The molecule has 0 radical (unpaired) electrons. The predicted octanol–water partition coefficient (Wildman–Crippen LogP) is 4.53. The normalized spacial score (nSPS) is 14.8. The molecule has 1 aliphatic rings. The molecule has 168 valence electrons. The summed E-state index contributed by atoms with van der Waals surface area (Å²) in [5, 5.41) is 3.80. The molecule has 0 spiro atoms. The number of sulfonamides is 1. The first-order valence-electron chi connectivity index (χ1n) is 10.6. The van der Waals surface area contributed by atoms with E-state index in [9.17, 15) is 17.6 Å². The second-order valence-corrected chi connectivity index (χ2v) is 9.73. The summed E-state index contributed by atoms with van der Waals surface area (Å²) < 4.78 is 47.9. The second kappa shape index (κ2) is 8.46. The lowest BCUT2D eigenvalue weighted by Gasteiger charge is -2.18. The monoisotopic (exact) mass is 464 g/mol. The van der Waals surface area contributed by atoms with Gasteiger partial charge in [0.1, 0.15) is 28.1 Å². The van der Waals surface area contributed by atoms with E-state index in [1.807, 2.05) is 60.7 Å². The van der Waals surface area contributed by atoms with Gasteiger partial charge in [-0.2, -0.15) is 0 Å². The van der Waals surface area contributed by atoms with Gasteiger partial charge in [0.15, 0.2) is 0 Å². The Labute approximate surface area is 190 Å². The van der Waals surface area contributed by atoms with Crippen LogP contribution in [0.1, 0.15) is 40.6 Å². The lowest BCUT2D eigenvalue weighted by Crippen LogP contribution is -2.30. The first-order chi connectivity index (χ1) is 15.9. The minimum Gasteiger partial charge on any atom is -0.459 e. The molecule has 33 heavy (non-hydrogen) atoms. The van der Waals surface area contributed by atoms with Crippen LogP contribution in [0.25, 0.3) is 11.0 Å². The van der Waals surface area contributed by atoms with Gasteiger partial charge in [0.2, 0.25) is 10.0 Å². The first-order valence-corrected chi connectivity index (χ1v) is 12.1. The predicted molar refractivity (Wildman–Crippen MR) is 122 cm³/mol. The van der Waals surface area contributed by atoms with Crippen molar-refractivity contribution >= 4 is 26.9 Å². The average molecular weight is 465 g/mol. The van der Waals surface area contributed by atoms with Crippen molar-refractivity contribution in [1.29, 1.82) is 0 Å². The first kappa shape index (κ1) is 21.4. The summed E-state index contributed by atoms with van der Waals surface area (Å²) >= 11 is 0. The number of carbonyl (C=O) groups excluding carboxylic acids is 1. The molecule has 8 heteroatoms. The highest BCUT2D eigenvalue weighted by Gasteiger charge is 2.30. The van der Waals surface area contributed by atoms with Crippen molar-refractivity contribution in [2.45, 2.75) is 29.8 Å². The molecule has 3 aromatic carbocycles. The minimum atomic E-state index is -4.06. The molecular formula is C25H21FN2O4S. The molecule has 1 saturated carbocycles. The molecule has 1 fully saturated rings. The Morgan fingerprint density at radius 3 is 2.42 bits per heavy atom. The summed E-state index contributed by atoms with van der Waals surface area (Å²) in [6.45, 7) is 0. The van der Waals surface area contributed by atoms with Gasteiger partial charge in [-0.05, 0) is 48.7 Å². The van der Waals surface area contributed by atoms with Gasteiger partial charge < -0.3 is 9.73 Å². The Morgan fingerprint density at radius 1 is 0.970 bits per heavy atom. The van der Waals surface area contributed by atoms with Crippen LogP contribution < -0.4 is 10.0 Å². The maximum absolute atomic E-state index is 14.3. The van der Waals surface area contributed by atoms with Gasteiger partial charge in [0.05, 0.1) is 0 Å². The molecule has 2 N–H and O–H groups in total. The Balaban J connectivity index is 1.48. The van der Waals surface area contributed by atoms with Crippen molar-refractivity contribution in [2.24, 2.45) is 0 Å². The van der Waals surface area contributed by atoms with Crippen LogP contribution in [0.3, 0.4) is 0 Å². The van der Waals surface area contributed by atoms with Crippen LogP contribution in [0.5, 0.6) is 0 Å². The van der Waals surface area contributed by atoms with Gasteiger partial charge >= 0.3 is 0 Å². The van der Waals surface area contributed by atoms with Crippen LogP contribution in [0, 0.1) is 5.82 Å². The van der Waals surface area contributed by atoms with Crippen molar-refractivity contribution < 1.29 is 22.0 Å². The van der Waals surface area contributed by atoms with Crippen molar-refractivity contribution in [2.75, 3.05) is 0 Å². The van der Waals surface area contributed by atoms with E-state index < -0.39 is 32.7 Å². The molecule has 0 saturated heterocycles. The van der Waals surface area contributed by atoms with Gasteiger partial charge in [-0.15, -0.1) is 0 Å². The largest absolute Gasteiger partial charge is 0.459 e. The van der Waals surface area contributed by atoms with E-state index in [1.165, 1.54) is 6.07 Å². The molecule has 1 heterocycles. The lowest BCUT2D eigenvalue weighted by atomic mass is 10.0. The molecule has 1 atom stereocenters. The minimum absolute atomic E-state index is 0.0321. The number of hydrogen-bond donors (Lipinski definition) is 2. The Kier molecular flexibility index (Phi) is 5.47. The highest BCUT2D eigenvalue weighted by molar-refractivity contribution is 7.89. The molecule has 5 rings (SSSR count). The molecule has 4 aromatic rings.